The maximum Gasteiger partial charge on any atom is 0.126 e. The topological polar surface area (TPSA) is 41.5 Å². The van der Waals surface area contributed by atoms with Gasteiger partial charge in [-0.3, -0.25) is 0 Å². The Bertz CT molecular complexity index is 353. The molecular weight excluding hydrogens is 268 g/mol. The minimum absolute atomic E-state index is 0.179. The van der Waals surface area contributed by atoms with Gasteiger partial charge in [-0.05, 0) is 19.1 Å². The van der Waals surface area contributed by atoms with Crippen molar-refractivity contribution < 1.29 is 14.2 Å². The predicted molar refractivity (Wildman–Crippen MR) is 67.4 cm³/mol. The van der Waals surface area contributed by atoms with E-state index in [1.807, 2.05) is 6.92 Å². The molecule has 0 amide bonds. The van der Waals surface area contributed by atoms with Crippen LogP contribution in [0.5, 0.6) is 0 Å². The molecular formula is C11H14Cl2FNO2. The van der Waals surface area contributed by atoms with Gasteiger partial charge in [-0.1, -0.05) is 23.2 Å². The van der Waals surface area contributed by atoms with Gasteiger partial charge in [-0.25, -0.2) is 4.39 Å². The molecule has 0 aliphatic rings. The van der Waals surface area contributed by atoms with Gasteiger partial charge in [0.25, 0.3) is 0 Å². The molecule has 96 valence electrons. The average molecular weight is 282 g/mol. The van der Waals surface area contributed by atoms with Gasteiger partial charge in [-0.2, -0.15) is 0 Å². The number of aliphatic hydroxyl groups is 1. The van der Waals surface area contributed by atoms with E-state index >= 15 is 0 Å². The summed E-state index contributed by atoms with van der Waals surface area (Å²) >= 11 is 11.6. The van der Waals surface area contributed by atoms with E-state index in [-0.39, 0.29) is 23.2 Å². The molecule has 0 heterocycles. The average Bonchev–Trinajstić information content (AvgIpc) is 2.24. The van der Waals surface area contributed by atoms with Gasteiger partial charge in [0.05, 0.1) is 28.4 Å². The van der Waals surface area contributed by atoms with E-state index in [4.69, 9.17) is 27.9 Å². The molecule has 6 heteroatoms. The number of hydrogen-bond donors (Lipinski definition) is 2. The summed E-state index contributed by atoms with van der Waals surface area (Å²) in [6.07, 6.45) is -0.674. The summed E-state index contributed by atoms with van der Waals surface area (Å²) < 4.78 is 18.0. The molecule has 0 saturated heterocycles. The summed E-state index contributed by atoms with van der Waals surface area (Å²) in [5.41, 5.74) is 0.408. The van der Waals surface area contributed by atoms with E-state index in [1.54, 1.807) is 0 Å². The van der Waals surface area contributed by atoms with Crippen LogP contribution in [0.15, 0.2) is 12.1 Å². The standard InChI is InChI=1S/C11H14Cl2FNO2/c1-2-17-6-8(16)5-15-11-9(12)3-7(14)4-10(11)13/h3-4,8,15-16H,2,5-6H2,1H3. The molecule has 1 rings (SSSR count). The lowest BCUT2D eigenvalue weighted by atomic mass is 10.3. The van der Waals surface area contributed by atoms with Crippen LogP contribution in [0.25, 0.3) is 0 Å². The van der Waals surface area contributed by atoms with E-state index < -0.39 is 11.9 Å². The fourth-order valence-corrected chi connectivity index (χ4v) is 1.84. The smallest absolute Gasteiger partial charge is 0.126 e. The van der Waals surface area contributed by atoms with Crippen LogP contribution in [-0.4, -0.2) is 31.0 Å². The summed E-state index contributed by atoms with van der Waals surface area (Å²) in [6.45, 7) is 2.83. The van der Waals surface area contributed by atoms with Crippen molar-refractivity contribution in [2.75, 3.05) is 25.1 Å². The lowest BCUT2D eigenvalue weighted by Crippen LogP contribution is -2.25. The Morgan fingerprint density at radius 3 is 2.53 bits per heavy atom. The molecule has 17 heavy (non-hydrogen) atoms. The Hall–Kier alpha value is -0.550. The molecule has 0 aliphatic heterocycles. The summed E-state index contributed by atoms with van der Waals surface area (Å²) in [5, 5.41) is 12.7. The number of aliphatic hydroxyl groups excluding tert-OH is 1. The van der Waals surface area contributed by atoms with Gasteiger partial charge in [0, 0.05) is 13.2 Å². The fraction of sp³-hybridized carbons (Fsp3) is 0.455. The van der Waals surface area contributed by atoms with Crippen molar-refractivity contribution in [3.8, 4) is 0 Å². The zero-order chi connectivity index (χ0) is 12.8. The largest absolute Gasteiger partial charge is 0.389 e. The first kappa shape index (κ1) is 14.5. The number of halogens is 3. The van der Waals surface area contributed by atoms with Crippen molar-refractivity contribution in [1.82, 2.24) is 0 Å². The van der Waals surface area contributed by atoms with Crippen LogP contribution in [0, 0.1) is 5.82 Å². The Kier molecular flexibility index (Phi) is 5.98. The van der Waals surface area contributed by atoms with E-state index in [1.165, 1.54) is 0 Å². The molecule has 1 aromatic rings. The first-order chi connectivity index (χ1) is 8.04. The van der Waals surface area contributed by atoms with Gasteiger partial charge in [0.15, 0.2) is 0 Å². The Morgan fingerprint density at radius 2 is 2.00 bits per heavy atom. The van der Waals surface area contributed by atoms with Gasteiger partial charge in [0.1, 0.15) is 5.82 Å². The highest BCUT2D eigenvalue weighted by Crippen LogP contribution is 2.31. The third kappa shape index (κ3) is 4.68. The molecule has 1 unspecified atom stereocenters. The number of benzene rings is 1. The monoisotopic (exact) mass is 281 g/mol. The first-order valence-electron chi connectivity index (χ1n) is 5.18. The summed E-state index contributed by atoms with van der Waals surface area (Å²) in [6, 6.07) is 2.31. The summed E-state index contributed by atoms with van der Waals surface area (Å²) in [4.78, 5) is 0. The van der Waals surface area contributed by atoms with Crippen LogP contribution in [0.4, 0.5) is 10.1 Å². The van der Waals surface area contributed by atoms with Crippen LogP contribution in [0.1, 0.15) is 6.92 Å². The van der Waals surface area contributed by atoms with Crippen LogP contribution < -0.4 is 5.32 Å². The number of ether oxygens (including phenoxy) is 1. The number of nitrogens with one attached hydrogen (secondary N) is 1. The zero-order valence-electron chi connectivity index (χ0n) is 9.34. The third-order valence-corrected chi connectivity index (χ3v) is 2.63. The lowest BCUT2D eigenvalue weighted by molar-refractivity contribution is 0.0496. The highest BCUT2D eigenvalue weighted by atomic mass is 35.5. The minimum Gasteiger partial charge on any atom is -0.389 e. The van der Waals surface area contributed by atoms with Crippen LogP contribution in [-0.2, 0) is 4.74 Å². The van der Waals surface area contributed by atoms with Crippen LogP contribution in [0.3, 0.4) is 0 Å². The second kappa shape index (κ2) is 7.01. The first-order valence-corrected chi connectivity index (χ1v) is 5.94. The van der Waals surface area contributed by atoms with Gasteiger partial charge >= 0.3 is 0 Å². The van der Waals surface area contributed by atoms with Crippen molar-refractivity contribution in [3.63, 3.8) is 0 Å². The molecule has 0 saturated carbocycles. The molecule has 3 nitrogen and oxygen atoms in total. The summed E-state index contributed by atoms with van der Waals surface area (Å²) in [7, 11) is 0. The van der Waals surface area contributed by atoms with Gasteiger partial charge in [0.2, 0.25) is 0 Å². The number of rotatable bonds is 6. The molecule has 0 radical (unpaired) electrons. The quantitative estimate of drug-likeness (QED) is 0.843. The van der Waals surface area contributed by atoms with Crippen molar-refractivity contribution >= 4 is 28.9 Å². The Labute approximate surface area is 109 Å². The Balaban J connectivity index is 2.57. The second-order valence-corrected chi connectivity index (χ2v) is 4.25. The predicted octanol–water partition coefficient (Wildman–Crippen LogP) is 2.94. The highest BCUT2D eigenvalue weighted by molar-refractivity contribution is 6.39. The molecule has 2 N–H and O–H groups in total. The molecule has 0 aliphatic carbocycles. The highest BCUT2D eigenvalue weighted by Gasteiger charge is 2.10. The lowest BCUT2D eigenvalue weighted by Gasteiger charge is -2.14. The van der Waals surface area contributed by atoms with Gasteiger partial charge in [-0.15, -0.1) is 0 Å². The fourth-order valence-electron chi connectivity index (χ4n) is 1.24. The SMILES string of the molecule is CCOCC(O)CNc1c(Cl)cc(F)cc1Cl. The van der Waals surface area contributed by atoms with E-state index in [9.17, 15) is 9.50 Å². The minimum atomic E-state index is -0.674. The van der Waals surface area contributed by atoms with Crippen molar-refractivity contribution in [2.45, 2.75) is 13.0 Å². The maximum absolute atomic E-state index is 12.9. The molecule has 1 atom stereocenters. The third-order valence-electron chi connectivity index (χ3n) is 2.04. The van der Waals surface area contributed by atoms with Gasteiger partial charge < -0.3 is 15.2 Å². The van der Waals surface area contributed by atoms with E-state index in [0.717, 1.165) is 12.1 Å². The molecule has 1 aromatic carbocycles. The molecule has 0 bridgehead atoms. The summed E-state index contributed by atoms with van der Waals surface area (Å²) in [5.74, 6) is -0.500. The number of hydrogen-bond acceptors (Lipinski definition) is 3. The van der Waals surface area contributed by atoms with Crippen LogP contribution in [0.2, 0.25) is 10.0 Å². The molecule has 0 aromatic heterocycles. The maximum atomic E-state index is 12.9. The normalized spacial score (nSPS) is 12.5. The van der Waals surface area contributed by atoms with Crippen molar-refractivity contribution in [3.05, 3.63) is 28.0 Å². The van der Waals surface area contributed by atoms with Crippen molar-refractivity contribution in [2.24, 2.45) is 0 Å². The zero-order valence-corrected chi connectivity index (χ0v) is 10.9. The van der Waals surface area contributed by atoms with E-state index in [2.05, 4.69) is 5.32 Å². The molecule has 0 fully saturated rings. The number of anilines is 1. The second-order valence-electron chi connectivity index (χ2n) is 3.44. The van der Waals surface area contributed by atoms with E-state index in [0.29, 0.717) is 12.3 Å². The molecule has 0 spiro atoms. The van der Waals surface area contributed by atoms with Crippen molar-refractivity contribution in [1.29, 1.82) is 0 Å². The Morgan fingerprint density at radius 1 is 1.41 bits per heavy atom. The van der Waals surface area contributed by atoms with Crippen LogP contribution >= 0.6 is 23.2 Å².